The van der Waals surface area contributed by atoms with Crippen LogP contribution >= 0.6 is 0 Å². The normalized spacial score (nSPS) is 23.3. The number of halogens is 3. The maximum Gasteiger partial charge on any atom is 0.416 e. The maximum absolute atomic E-state index is 12.9. The molecule has 186 valence electrons. The van der Waals surface area contributed by atoms with Gasteiger partial charge in [0.1, 0.15) is 5.60 Å². The molecule has 1 saturated carbocycles. The molecule has 0 atom stereocenters. The fourth-order valence-electron chi connectivity index (χ4n) is 5.06. The second kappa shape index (κ2) is 11.1. The van der Waals surface area contributed by atoms with Crippen LogP contribution < -0.4 is 5.32 Å². The van der Waals surface area contributed by atoms with E-state index >= 15 is 0 Å². The Balaban J connectivity index is 1.32. The first-order valence-electron chi connectivity index (χ1n) is 12.4. The zero-order valence-electron chi connectivity index (χ0n) is 20.2. The highest BCUT2D eigenvalue weighted by Gasteiger charge is 2.31. The molecular formula is C26H39F3N2O2. The van der Waals surface area contributed by atoms with Crippen LogP contribution in [0.2, 0.25) is 0 Å². The Hall–Kier alpha value is -1.76. The number of alkyl halides is 3. The van der Waals surface area contributed by atoms with Gasteiger partial charge in [0, 0.05) is 6.04 Å². The van der Waals surface area contributed by atoms with Crippen molar-refractivity contribution in [2.75, 3.05) is 19.6 Å². The van der Waals surface area contributed by atoms with E-state index in [1.807, 2.05) is 26.8 Å². The second-order valence-corrected chi connectivity index (χ2v) is 10.8. The van der Waals surface area contributed by atoms with Crippen molar-refractivity contribution in [2.24, 2.45) is 11.8 Å². The third-order valence-corrected chi connectivity index (χ3v) is 6.91. The number of nitrogens with zero attached hydrogens (tertiary/aromatic N) is 1. The number of hydrogen-bond donors (Lipinski definition) is 1. The molecule has 0 bridgehead atoms. The molecule has 0 aromatic heterocycles. The van der Waals surface area contributed by atoms with Gasteiger partial charge in [-0.25, -0.2) is 4.79 Å². The van der Waals surface area contributed by atoms with Crippen molar-refractivity contribution in [1.29, 1.82) is 0 Å². The maximum atomic E-state index is 12.9. The summed E-state index contributed by atoms with van der Waals surface area (Å²) in [4.78, 5) is 14.5. The van der Waals surface area contributed by atoms with Crippen molar-refractivity contribution in [3.8, 4) is 0 Å². The molecule has 2 fully saturated rings. The van der Waals surface area contributed by atoms with E-state index in [0.717, 1.165) is 76.2 Å². The Labute approximate surface area is 196 Å². The van der Waals surface area contributed by atoms with Gasteiger partial charge in [0.25, 0.3) is 0 Å². The molecule has 1 aliphatic heterocycles. The molecule has 0 unspecified atom stereocenters. The van der Waals surface area contributed by atoms with Crippen LogP contribution in [0.25, 0.3) is 0 Å². The first-order chi connectivity index (χ1) is 15.5. The molecule has 1 heterocycles. The van der Waals surface area contributed by atoms with E-state index in [4.69, 9.17) is 4.74 Å². The van der Waals surface area contributed by atoms with Crippen LogP contribution in [0.5, 0.6) is 0 Å². The monoisotopic (exact) mass is 468 g/mol. The molecule has 1 aromatic carbocycles. The summed E-state index contributed by atoms with van der Waals surface area (Å²) in [5.41, 5.74) is -0.226. The number of nitrogens with one attached hydrogen (secondary N) is 1. The third-order valence-electron chi connectivity index (χ3n) is 6.91. The average Bonchev–Trinajstić information content (AvgIpc) is 2.72. The van der Waals surface area contributed by atoms with E-state index in [2.05, 4.69) is 10.2 Å². The molecule has 7 heteroatoms. The lowest BCUT2D eigenvalue weighted by atomic mass is 9.83. The van der Waals surface area contributed by atoms with E-state index in [9.17, 15) is 18.0 Å². The topological polar surface area (TPSA) is 41.6 Å². The van der Waals surface area contributed by atoms with Gasteiger partial charge in [0.2, 0.25) is 0 Å². The highest BCUT2D eigenvalue weighted by molar-refractivity contribution is 5.68. The van der Waals surface area contributed by atoms with Crippen LogP contribution in [-0.4, -0.2) is 42.3 Å². The molecular weight excluding hydrogens is 429 g/mol. The fourth-order valence-corrected chi connectivity index (χ4v) is 5.06. The van der Waals surface area contributed by atoms with E-state index in [1.165, 1.54) is 18.6 Å². The van der Waals surface area contributed by atoms with Gasteiger partial charge in [-0.3, -0.25) is 0 Å². The predicted octanol–water partition coefficient (Wildman–Crippen LogP) is 6.43. The van der Waals surface area contributed by atoms with Gasteiger partial charge >= 0.3 is 12.3 Å². The van der Waals surface area contributed by atoms with Crippen molar-refractivity contribution in [1.82, 2.24) is 10.2 Å². The van der Waals surface area contributed by atoms with Gasteiger partial charge in [0.05, 0.1) is 5.56 Å². The number of hydrogen-bond acceptors (Lipinski definition) is 3. The summed E-state index contributed by atoms with van der Waals surface area (Å²) in [6.45, 7) is 8.76. The van der Waals surface area contributed by atoms with Gasteiger partial charge in [-0.05, 0) is 115 Å². The standard InChI is InChI=1S/C26H39F3N2O2/c1-25(2,3)33-24(32)30-23-9-7-19(8-10-23)11-14-31-15-12-20(13-16-31)17-21-5-4-6-22(18-21)26(27,28)29/h4-6,18-20,23H,7-17H2,1-3H3,(H,30,32). The Morgan fingerprint density at radius 3 is 2.30 bits per heavy atom. The zero-order valence-corrected chi connectivity index (χ0v) is 20.2. The van der Waals surface area contributed by atoms with Crippen molar-refractivity contribution in [3.05, 3.63) is 35.4 Å². The number of rotatable bonds is 6. The Kier molecular flexibility index (Phi) is 8.70. The molecule has 1 saturated heterocycles. The fraction of sp³-hybridized carbons (Fsp3) is 0.731. The van der Waals surface area contributed by atoms with E-state index in [-0.39, 0.29) is 12.1 Å². The molecule has 33 heavy (non-hydrogen) atoms. The van der Waals surface area contributed by atoms with Crippen LogP contribution in [-0.2, 0) is 17.3 Å². The number of benzene rings is 1. The number of likely N-dealkylation sites (tertiary alicyclic amines) is 1. The van der Waals surface area contributed by atoms with Gasteiger partial charge in [-0.2, -0.15) is 13.2 Å². The first kappa shape index (κ1) is 25.9. The van der Waals surface area contributed by atoms with E-state index in [1.54, 1.807) is 0 Å². The summed E-state index contributed by atoms with van der Waals surface area (Å²) in [5.74, 6) is 1.16. The number of piperidine rings is 1. The minimum absolute atomic E-state index is 0.211. The van der Waals surface area contributed by atoms with Gasteiger partial charge < -0.3 is 15.0 Å². The largest absolute Gasteiger partial charge is 0.444 e. The van der Waals surface area contributed by atoms with Gasteiger partial charge in [0.15, 0.2) is 0 Å². The van der Waals surface area contributed by atoms with E-state index < -0.39 is 17.3 Å². The molecule has 1 amide bonds. The Morgan fingerprint density at radius 1 is 1.03 bits per heavy atom. The molecule has 1 aliphatic carbocycles. The van der Waals surface area contributed by atoms with Gasteiger partial charge in [-0.1, -0.05) is 18.2 Å². The van der Waals surface area contributed by atoms with Crippen molar-refractivity contribution in [2.45, 2.75) is 90.0 Å². The lowest BCUT2D eigenvalue weighted by Crippen LogP contribution is -2.41. The summed E-state index contributed by atoms with van der Waals surface area (Å²) in [6, 6.07) is 6.00. The molecule has 0 spiro atoms. The minimum Gasteiger partial charge on any atom is -0.444 e. The van der Waals surface area contributed by atoms with Crippen LogP contribution in [0.1, 0.15) is 76.8 Å². The van der Waals surface area contributed by atoms with Crippen LogP contribution in [0, 0.1) is 11.8 Å². The summed E-state index contributed by atoms with van der Waals surface area (Å²) in [7, 11) is 0. The lowest BCUT2D eigenvalue weighted by Gasteiger charge is -2.34. The Bertz CT molecular complexity index is 760. The van der Waals surface area contributed by atoms with Crippen LogP contribution in [0.15, 0.2) is 24.3 Å². The molecule has 3 rings (SSSR count). The lowest BCUT2D eigenvalue weighted by molar-refractivity contribution is -0.137. The number of amides is 1. The number of alkyl carbamates (subject to hydrolysis) is 1. The number of ether oxygens (including phenoxy) is 1. The highest BCUT2D eigenvalue weighted by Crippen LogP contribution is 2.31. The quantitative estimate of drug-likeness (QED) is 0.523. The minimum atomic E-state index is -4.27. The van der Waals surface area contributed by atoms with Crippen LogP contribution in [0.4, 0.5) is 18.0 Å². The summed E-state index contributed by atoms with van der Waals surface area (Å²) < 4.78 is 44.2. The predicted molar refractivity (Wildman–Crippen MR) is 124 cm³/mol. The molecule has 0 radical (unpaired) electrons. The smallest absolute Gasteiger partial charge is 0.416 e. The molecule has 1 N–H and O–H groups in total. The number of carbonyl (C=O) groups is 1. The third kappa shape index (κ3) is 8.84. The Morgan fingerprint density at radius 2 is 1.70 bits per heavy atom. The highest BCUT2D eigenvalue weighted by atomic mass is 19.4. The van der Waals surface area contributed by atoms with Crippen molar-refractivity contribution < 1.29 is 22.7 Å². The molecule has 2 aliphatic rings. The first-order valence-corrected chi connectivity index (χ1v) is 12.4. The van der Waals surface area contributed by atoms with Crippen molar-refractivity contribution in [3.63, 3.8) is 0 Å². The SMILES string of the molecule is CC(C)(C)OC(=O)NC1CCC(CCN2CCC(Cc3cccc(C(F)(F)F)c3)CC2)CC1. The zero-order chi connectivity index (χ0) is 24.1. The summed E-state index contributed by atoms with van der Waals surface area (Å²) in [6.07, 6.45) is 3.67. The molecule has 4 nitrogen and oxygen atoms in total. The summed E-state index contributed by atoms with van der Waals surface area (Å²) >= 11 is 0. The molecule has 1 aromatic rings. The van der Waals surface area contributed by atoms with Crippen molar-refractivity contribution >= 4 is 6.09 Å². The van der Waals surface area contributed by atoms with E-state index in [0.29, 0.717) is 11.8 Å². The second-order valence-electron chi connectivity index (χ2n) is 10.8. The van der Waals surface area contributed by atoms with Gasteiger partial charge in [-0.15, -0.1) is 0 Å². The summed E-state index contributed by atoms with van der Waals surface area (Å²) in [5, 5.41) is 3.00. The number of carbonyl (C=O) groups excluding carboxylic acids is 1. The van der Waals surface area contributed by atoms with Crippen LogP contribution in [0.3, 0.4) is 0 Å². The average molecular weight is 469 g/mol.